The van der Waals surface area contributed by atoms with E-state index in [0.717, 1.165) is 29.8 Å². The topological polar surface area (TPSA) is 58.2 Å². The molecule has 1 heterocycles. The lowest BCUT2D eigenvalue weighted by molar-refractivity contribution is 0.581. The van der Waals surface area contributed by atoms with Gasteiger partial charge in [-0.05, 0) is 47.9 Å². The maximum Gasteiger partial charge on any atom is 0.240 e. The summed E-state index contributed by atoms with van der Waals surface area (Å²) in [6.45, 7) is 1.08. The fourth-order valence-corrected chi connectivity index (χ4v) is 3.64. The Balaban J connectivity index is 1.78. The van der Waals surface area contributed by atoms with Gasteiger partial charge >= 0.3 is 0 Å². The smallest absolute Gasteiger partial charge is 0.240 e. The van der Waals surface area contributed by atoms with Gasteiger partial charge in [-0.1, -0.05) is 23.7 Å². The molecule has 0 radical (unpaired) electrons. The van der Waals surface area contributed by atoms with Crippen LogP contribution in [0.3, 0.4) is 0 Å². The van der Waals surface area contributed by atoms with Gasteiger partial charge in [-0.25, -0.2) is 13.1 Å². The molecule has 0 bridgehead atoms. The second-order valence-corrected chi connectivity index (χ2v) is 7.15. The minimum atomic E-state index is -3.51. The number of anilines is 1. The van der Waals surface area contributed by atoms with Gasteiger partial charge in [-0.3, -0.25) is 0 Å². The summed E-state index contributed by atoms with van der Waals surface area (Å²) in [7, 11) is -3.51. The van der Waals surface area contributed by atoms with Crippen LogP contribution in [0.4, 0.5) is 5.69 Å². The van der Waals surface area contributed by atoms with Gasteiger partial charge in [0.1, 0.15) is 0 Å². The van der Waals surface area contributed by atoms with E-state index >= 15 is 0 Å². The van der Waals surface area contributed by atoms with E-state index in [1.54, 1.807) is 30.3 Å². The van der Waals surface area contributed by atoms with Crippen molar-refractivity contribution in [2.75, 3.05) is 11.9 Å². The van der Waals surface area contributed by atoms with Crippen molar-refractivity contribution >= 4 is 27.3 Å². The Morgan fingerprint density at radius 2 is 2.05 bits per heavy atom. The molecule has 110 valence electrons. The van der Waals surface area contributed by atoms with Crippen LogP contribution < -0.4 is 10.0 Å². The van der Waals surface area contributed by atoms with Crippen LogP contribution in [0, 0.1) is 0 Å². The van der Waals surface area contributed by atoms with Crippen molar-refractivity contribution in [1.29, 1.82) is 0 Å². The summed E-state index contributed by atoms with van der Waals surface area (Å²) in [5.74, 6) is 0. The molecule has 4 nitrogen and oxygen atoms in total. The molecule has 0 aliphatic carbocycles. The first-order valence-electron chi connectivity index (χ1n) is 6.65. The van der Waals surface area contributed by atoms with Gasteiger partial charge in [0.15, 0.2) is 0 Å². The van der Waals surface area contributed by atoms with Crippen molar-refractivity contribution in [3.63, 3.8) is 0 Å². The van der Waals surface area contributed by atoms with Crippen molar-refractivity contribution in [3.8, 4) is 0 Å². The highest BCUT2D eigenvalue weighted by Crippen LogP contribution is 2.25. The van der Waals surface area contributed by atoms with E-state index in [4.69, 9.17) is 11.6 Å². The second kappa shape index (κ2) is 5.67. The molecular weight excluding hydrogens is 308 g/mol. The third-order valence-corrected chi connectivity index (χ3v) is 5.09. The maximum atomic E-state index is 12.3. The van der Waals surface area contributed by atoms with Crippen molar-refractivity contribution in [2.45, 2.75) is 17.9 Å². The molecule has 2 aromatic carbocycles. The minimum absolute atomic E-state index is 0.220. The molecule has 0 saturated carbocycles. The van der Waals surface area contributed by atoms with Crippen LogP contribution in [-0.2, 0) is 23.0 Å². The fourth-order valence-electron chi connectivity index (χ4n) is 2.36. The lowest BCUT2D eigenvalue weighted by Crippen LogP contribution is -2.23. The molecule has 2 N–H and O–H groups in total. The first kappa shape index (κ1) is 14.4. The van der Waals surface area contributed by atoms with E-state index in [0.29, 0.717) is 9.92 Å². The predicted octanol–water partition coefficient (Wildman–Crippen LogP) is 2.79. The van der Waals surface area contributed by atoms with Crippen LogP contribution in [-0.4, -0.2) is 15.0 Å². The fraction of sp³-hybridized carbons (Fsp3) is 0.200. The highest BCUT2D eigenvalue weighted by molar-refractivity contribution is 7.89. The summed E-state index contributed by atoms with van der Waals surface area (Å²) in [5, 5.41) is 3.81. The zero-order valence-corrected chi connectivity index (χ0v) is 12.8. The van der Waals surface area contributed by atoms with Crippen LogP contribution in [0.25, 0.3) is 0 Å². The molecular formula is C15H15ClN2O2S. The lowest BCUT2D eigenvalue weighted by atomic mass is 10.2. The second-order valence-electron chi connectivity index (χ2n) is 4.95. The number of fused-ring (bicyclic) bond motifs is 1. The molecule has 2 aromatic rings. The predicted molar refractivity (Wildman–Crippen MR) is 84.1 cm³/mol. The summed E-state index contributed by atoms with van der Waals surface area (Å²) in [6, 6.07) is 12.3. The van der Waals surface area contributed by atoms with Crippen molar-refractivity contribution in [3.05, 3.63) is 58.6 Å². The van der Waals surface area contributed by atoms with E-state index in [1.165, 1.54) is 0 Å². The number of benzene rings is 2. The molecule has 0 atom stereocenters. The van der Waals surface area contributed by atoms with Crippen molar-refractivity contribution in [1.82, 2.24) is 4.72 Å². The molecule has 6 heteroatoms. The number of hydrogen-bond acceptors (Lipinski definition) is 3. The van der Waals surface area contributed by atoms with Gasteiger partial charge in [0, 0.05) is 23.8 Å². The largest absolute Gasteiger partial charge is 0.384 e. The quantitative estimate of drug-likeness (QED) is 0.910. The highest BCUT2D eigenvalue weighted by Gasteiger charge is 2.17. The molecule has 21 heavy (non-hydrogen) atoms. The number of hydrogen-bond donors (Lipinski definition) is 2. The number of sulfonamides is 1. The number of nitrogens with one attached hydrogen (secondary N) is 2. The van der Waals surface area contributed by atoms with Crippen LogP contribution >= 0.6 is 11.6 Å². The third kappa shape index (κ3) is 3.20. The maximum absolute atomic E-state index is 12.3. The first-order chi connectivity index (χ1) is 10.0. The van der Waals surface area contributed by atoms with Gasteiger partial charge in [0.2, 0.25) is 10.0 Å². The molecule has 1 aliphatic heterocycles. The summed E-state index contributed by atoms with van der Waals surface area (Å²) in [6.07, 6.45) is 0.854. The first-order valence-corrected chi connectivity index (χ1v) is 8.52. The average Bonchev–Trinajstić information content (AvgIpc) is 2.93. The molecule has 0 amide bonds. The number of halogens is 1. The van der Waals surface area contributed by atoms with Crippen molar-refractivity contribution in [2.24, 2.45) is 0 Å². The molecule has 0 spiro atoms. The minimum Gasteiger partial charge on any atom is -0.384 e. The molecule has 3 rings (SSSR count). The van der Waals surface area contributed by atoms with Gasteiger partial charge in [-0.2, -0.15) is 0 Å². The summed E-state index contributed by atoms with van der Waals surface area (Å²) in [5.41, 5.74) is 2.89. The Morgan fingerprint density at radius 1 is 1.19 bits per heavy atom. The Morgan fingerprint density at radius 3 is 2.86 bits per heavy atom. The normalized spacial score (nSPS) is 13.8. The molecule has 0 unspecified atom stereocenters. The van der Waals surface area contributed by atoms with Crippen molar-refractivity contribution < 1.29 is 8.42 Å². The zero-order chi connectivity index (χ0) is 14.9. The summed E-state index contributed by atoms with van der Waals surface area (Å²) >= 11 is 5.89. The summed E-state index contributed by atoms with van der Waals surface area (Å²) < 4.78 is 27.3. The van der Waals surface area contributed by atoms with Gasteiger partial charge in [0.05, 0.1) is 4.90 Å². The van der Waals surface area contributed by atoms with Gasteiger partial charge in [0.25, 0.3) is 0 Å². The van der Waals surface area contributed by atoms with E-state index in [2.05, 4.69) is 10.0 Å². The molecule has 0 aromatic heterocycles. The molecule has 0 fully saturated rings. The standard InChI is InChI=1S/C15H15ClN2O2S/c16-13-3-1-2-11(8-13)10-18-21(19,20)14-4-5-15-12(9-14)6-7-17-15/h1-5,8-9,17-18H,6-7,10H2. The Bertz CT molecular complexity index is 775. The highest BCUT2D eigenvalue weighted by atomic mass is 35.5. The Kier molecular flexibility index (Phi) is 3.89. The Labute approximate surface area is 129 Å². The molecule has 1 aliphatic rings. The van der Waals surface area contributed by atoms with Crippen LogP contribution in [0.2, 0.25) is 5.02 Å². The Hall–Kier alpha value is -1.56. The van der Waals surface area contributed by atoms with Crippen LogP contribution in [0.5, 0.6) is 0 Å². The lowest BCUT2D eigenvalue weighted by Gasteiger charge is -2.09. The third-order valence-electron chi connectivity index (χ3n) is 3.45. The number of rotatable bonds is 4. The van der Waals surface area contributed by atoms with E-state index in [-0.39, 0.29) is 6.54 Å². The van der Waals surface area contributed by atoms with E-state index < -0.39 is 10.0 Å². The van der Waals surface area contributed by atoms with E-state index in [1.807, 2.05) is 12.1 Å². The zero-order valence-electron chi connectivity index (χ0n) is 11.3. The molecule has 0 saturated heterocycles. The monoisotopic (exact) mass is 322 g/mol. The SMILES string of the molecule is O=S(=O)(NCc1cccc(Cl)c1)c1ccc2c(c1)CCN2. The summed E-state index contributed by atoms with van der Waals surface area (Å²) in [4.78, 5) is 0.298. The van der Waals surface area contributed by atoms with Crippen LogP contribution in [0.15, 0.2) is 47.4 Å². The van der Waals surface area contributed by atoms with Gasteiger partial charge in [-0.15, -0.1) is 0 Å². The van der Waals surface area contributed by atoms with Crippen LogP contribution in [0.1, 0.15) is 11.1 Å². The van der Waals surface area contributed by atoms with E-state index in [9.17, 15) is 8.42 Å². The average molecular weight is 323 g/mol. The van der Waals surface area contributed by atoms with Gasteiger partial charge < -0.3 is 5.32 Å².